The zero-order valence-electron chi connectivity index (χ0n) is 11.3. The Kier molecular flexibility index (Phi) is 4.29. The number of hydrogen-bond acceptors (Lipinski definition) is 3. The van der Waals surface area contributed by atoms with Gasteiger partial charge in [-0.25, -0.2) is 0 Å². The molecule has 2 aromatic rings. The molecule has 3 heteroatoms. The first-order valence-electron chi connectivity index (χ1n) is 6.52. The van der Waals surface area contributed by atoms with Gasteiger partial charge in [0.2, 0.25) is 0 Å². The topological polar surface area (TPSA) is 44.5 Å². The van der Waals surface area contributed by atoms with E-state index in [1.165, 1.54) is 5.56 Å². The summed E-state index contributed by atoms with van der Waals surface area (Å²) in [6, 6.07) is 13.4. The lowest BCUT2D eigenvalue weighted by atomic mass is 10.1. The molecule has 0 radical (unpaired) electrons. The average Bonchev–Trinajstić information content (AvgIpc) is 2.39. The van der Waals surface area contributed by atoms with Crippen LogP contribution in [0.3, 0.4) is 0 Å². The molecule has 0 atom stereocenters. The Hall–Kier alpha value is -2.16. The van der Waals surface area contributed by atoms with Gasteiger partial charge in [-0.05, 0) is 25.0 Å². The lowest BCUT2D eigenvalue weighted by Gasteiger charge is -2.12. The van der Waals surface area contributed by atoms with E-state index in [9.17, 15) is 0 Å². The minimum atomic E-state index is 0.606. The van der Waals surface area contributed by atoms with Gasteiger partial charge in [0.25, 0.3) is 0 Å². The molecule has 0 aliphatic heterocycles. The fourth-order valence-electron chi connectivity index (χ4n) is 1.93. The number of rotatable bonds is 5. The first-order valence-corrected chi connectivity index (χ1v) is 6.52. The largest absolute Gasteiger partial charge is 0.494 e. The Morgan fingerprint density at radius 2 is 1.74 bits per heavy atom. The Morgan fingerprint density at radius 1 is 1.00 bits per heavy atom. The Labute approximate surface area is 114 Å². The van der Waals surface area contributed by atoms with Crippen LogP contribution in [0.4, 0.5) is 5.69 Å². The normalized spacial score (nSPS) is 10.2. The molecule has 2 aromatic carbocycles. The molecular weight excluding hydrogens is 238 g/mol. The van der Waals surface area contributed by atoms with Crippen LogP contribution in [0.5, 0.6) is 17.2 Å². The zero-order valence-corrected chi connectivity index (χ0v) is 11.3. The van der Waals surface area contributed by atoms with E-state index in [-0.39, 0.29) is 0 Å². The van der Waals surface area contributed by atoms with Gasteiger partial charge < -0.3 is 15.2 Å². The lowest BCUT2D eigenvalue weighted by Crippen LogP contribution is -1.95. The molecule has 0 aliphatic carbocycles. The number of benzene rings is 2. The molecule has 0 unspecified atom stereocenters. The number of nitrogen functional groups attached to an aromatic ring is 1. The Balaban J connectivity index is 2.27. The molecule has 0 heterocycles. The Morgan fingerprint density at radius 3 is 2.47 bits per heavy atom. The van der Waals surface area contributed by atoms with E-state index >= 15 is 0 Å². The lowest BCUT2D eigenvalue weighted by molar-refractivity contribution is 0.338. The summed E-state index contributed by atoms with van der Waals surface area (Å²) in [5, 5.41) is 0. The SMILES string of the molecule is CCOc1cc(N)cc(Oc2ccccc2CC)c1. The average molecular weight is 257 g/mol. The summed E-state index contributed by atoms with van der Waals surface area (Å²) in [4.78, 5) is 0. The van der Waals surface area contributed by atoms with Crippen LogP contribution in [0, 0.1) is 0 Å². The van der Waals surface area contributed by atoms with E-state index in [0.717, 1.165) is 17.9 Å². The first-order chi connectivity index (χ1) is 9.22. The van der Waals surface area contributed by atoms with Gasteiger partial charge in [0.15, 0.2) is 0 Å². The molecule has 0 amide bonds. The highest BCUT2D eigenvalue weighted by atomic mass is 16.5. The predicted molar refractivity (Wildman–Crippen MR) is 77.9 cm³/mol. The van der Waals surface area contributed by atoms with E-state index in [0.29, 0.717) is 18.0 Å². The second kappa shape index (κ2) is 6.14. The summed E-state index contributed by atoms with van der Waals surface area (Å²) >= 11 is 0. The fraction of sp³-hybridized carbons (Fsp3) is 0.250. The third-order valence-electron chi connectivity index (χ3n) is 2.79. The summed E-state index contributed by atoms with van der Waals surface area (Å²) in [6.45, 7) is 4.65. The maximum atomic E-state index is 5.91. The molecule has 0 aromatic heterocycles. The highest BCUT2D eigenvalue weighted by Gasteiger charge is 2.05. The molecule has 19 heavy (non-hydrogen) atoms. The zero-order chi connectivity index (χ0) is 13.7. The summed E-state index contributed by atoms with van der Waals surface area (Å²) in [5.41, 5.74) is 7.66. The molecule has 2 rings (SSSR count). The summed E-state index contributed by atoms with van der Waals surface area (Å²) in [6.07, 6.45) is 0.927. The predicted octanol–water partition coefficient (Wildman–Crippen LogP) is 4.02. The number of aryl methyl sites for hydroxylation is 1. The van der Waals surface area contributed by atoms with E-state index in [2.05, 4.69) is 13.0 Å². The van der Waals surface area contributed by atoms with Gasteiger partial charge in [-0.2, -0.15) is 0 Å². The van der Waals surface area contributed by atoms with Crippen LogP contribution >= 0.6 is 0 Å². The maximum Gasteiger partial charge on any atom is 0.133 e. The van der Waals surface area contributed by atoms with Crippen LogP contribution in [0.2, 0.25) is 0 Å². The van der Waals surface area contributed by atoms with Crippen molar-refractivity contribution in [3.05, 3.63) is 48.0 Å². The van der Waals surface area contributed by atoms with Crippen LogP contribution < -0.4 is 15.2 Å². The molecule has 3 nitrogen and oxygen atoms in total. The molecular formula is C16H19NO2. The Bertz CT molecular complexity index is 552. The number of anilines is 1. The van der Waals surface area contributed by atoms with Gasteiger partial charge in [0.05, 0.1) is 6.61 Å². The highest BCUT2D eigenvalue weighted by Crippen LogP contribution is 2.30. The van der Waals surface area contributed by atoms with Crippen molar-refractivity contribution in [2.24, 2.45) is 0 Å². The third kappa shape index (κ3) is 3.41. The third-order valence-corrected chi connectivity index (χ3v) is 2.79. The number of hydrogen-bond donors (Lipinski definition) is 1. The molecule has 100 valence electrons. The standard InChI is InChI=1S/C16H19NO2/c1-3-12-7-5-6-8-16(12)19-15-10-13(17)9-14(11-15)18-4-2/h5-11H,3-4,17H2,1-2H3. The van der Waals surface area contributed by atoms with Crippen molar-refractivity contribution in [1.82, 2.24) is 0 Å². The molecule has 0 aliphatic rings. The quantitative estimate of drug-likeness (QED) is 0.823. The van der Waals surface area contributed by atoms with Crippen molar-refractivity contribution in [2.45, 2.75) is 20.3 Å². The highest BCUT2D eigenvalue weighted by molar-refractivity contribution is 5.52. The molecule has 0 fully saturated rings. The minimum absolute atomic E-state index is 0.606. The first kappa shape index (κ1) is 13.3. The van der Waals surface area contributed by atoms with Gasteiger partial charge in [-0.15, -0.1) is 0 Å². The smallest absolute Gasteiger partial charge is 0.133 e. The second-order valence-electron chi connectivity index (χ2n) is 4.23. The summed E-state index contributed by atoms with van der Waals surface area (Å²) in [5.74, 6) is 2.29. The maximum absolute atomic E-state index is 5.91. The fourth-order valence-corrected chi connectivity index (χ4v) is 1.93. The van der Waals surface area contributed by atoms with Crippen molar-refractivity contribution in [1.29, 1.82) is 0 Å². The molecule has 0 saturated heterocycles. The van der Waals surface area contributed by atoms with Crippen molar-refractivity contribution < 1.29 is 9.47 Å². The van der Waals surface area contributed by atoms with Crippen molar-refractivity contribution >= 4 is 5.69 Å². The van der Waals surface area contributed by atoms with E-state index in [1.54, 1.807) is 12.1 Å². The van der Waals surface area contributed by atoms with Crippen LogP contribution in [-0.2, 0) is 6.42 Å². The van der Waals surface area contributed by atoms with Gasteiger partial charge >= 0.3 is 0 Å². The van der Waals surface area contributed by atoms with Gasteiger partial charge in [-0.1, -0.05) is 25.1 Å². The second-order valence-corrected chi connectivity index (χ2v) is 4.23. The molecule has 0 bridgehead atoms. The number of nitrogens with two attached hydrogens (primary N) is 1. The summed E-state index contributed by atoms with van der Waals surface area (Å²) < 4.78 is 11.4. The molecule has 2 N–H and O–H groups in total. The summed E-state index contributed by atoms with van der Waals surface area (Å²) in [7, 11) is 0. The number of para-hydroxylation sites is 1. The van der Waals surface area contributed by atoms with E-state index in [1.807, 2.05) is 31.2 Å². The minimum Gasteiger partial charge on any atom is -0.494 e. The van der Waals surface area contributed by atoms with Crippen LogP contribution in [0.25, 0.3) is 0 Å². The van der Waals surface area contributed by atoms with Crippen molar-refractivity contribution in [3.63, 3.8) is 0 Å². The molecule has 0 saturated carbocycles. The van der Waals surface area contributed by atoms with Crippen molar-refractivity contribution in [2.75, 3.05) is 12.3 Å². The monoisotopic (exact) mass is 257 g/mol. The van der Waals surface area contributed by atoms with Crippen LogP contribution in [0.1, 0.15) is 19.4 Å². The van der Waals surface area contributed by atoms with Gasteiger partial charge in [0, 0.05) is 23.9 Å². The van der Waals surface area contributed by atoms with Crippen molar-refractivity contribution in [3.8, 4) is 17.2 Å². The van der Waals surface area contributed by atoms with E-state index < -0.39 is 0 Å². The van der Waals surface area contributed by atoms with E-state index in [4.69, 9.17) is 15.2 Å². The number of ether oxygens (including phenoxy) is 2. The van der Waals surface area contributed by atoms with Gasteiger partial charge in [0.1, 0.15) is 17.2 Å². The van der Waals surface area contributed by atoms with Crippen LogP contribution in [-0.4, -0.2) is 6.61 Å². The molecule has 0 spiro atoms. The van der Waals surface area contributed by atoms with Crippen LogP contribution in [0.15, 0.2) is 42.5 Å². The van der Waals surface area contributed by atoms with Gasteiger partial charge in [-0.3, -0.25) is 0 Å².